The molecule has 1 aromatic rings. The van der Waals surface area contributed by atoms with Gasteiger partial charge in [-0.2, -0.15) is 0 Å². The van der Waals surface area contributed by atoms with Crippen LogP contribution in [0.1, 0.15) is 42.8 Å². The summed E-state index contributed by atoms with van der Waals surface area (Å²) in [5.41, 5.74) is -0.674. The normalized spacial score (nSPS) is 21.8. The molecule has 1 aliphatic carbocycles. The van der Waals surface area contributed by atoms with Gasteiger partial charge >= 0.3 is 5.97 Å². The molecule has 0 saturated heterocycles. The van der Waals surface area contributed by atoms with Crippen LogP contribution in [0, 0.1) is 13.8 Å². The molecule has 0 bridgehead atoms. The minimum Gasteiger partial charge on any atom is -0.481 e. The molecular formula is C13H16F2O3. The minimum atomic E-state index is -2.74. The first kappa shape index (κ1) is 13.1. The Morgan fingerprint density at radius 3 is 2.22 bits per heavy atom. The number of carbonyl (C=O) groups is 1. The quantitative estimate of drug-likeness (QED) is 0.884. The molecule has 0 amide bonds. The number of rotatable bonds is 2. The van der Waals surface area contributed by atoms with E-state index in [9.17, 15) is 18.7 Å². The Morgan fingerprint density at radius 1 is 1.28 bits per heavy atom. The van der Waals surface area contributed by atoms with Crippen molar-refractivity contribution < 1.29 is 23.1 Å². The largest absolute Gasteiger partial charge is 0.481 e. The van der Waals surface area contributed by atoms with Crippen molar-refractivity contribution in [3.05, 3.63) is 23.2 Å². The number of aryl methyl sites for hydroxylation is 2. The second-order valence-electron chi connectivity index (χ2n) is 5.07. The zero-order valence-corrected chi connectivity index (χ0v) is 10.4. The summed E-state index contributed by atoms with van der Waals surface area (Å²) in [6.45, 7) is 3.41. The maximum atomic E-state index is 13.2. The molecule has 5 heteroatoms. The van der Waals surface area contributed by atoms with Crippen molar-refractivity contribution in [1.29, 1.82) is 0 Å². The fraction of sp³-hybridized carbons (Fsp3) is 0.615. The second kappa shape index (κ2) is 4.07. The van der Waals surface area contributed by atoms with Gasteiger partial charge in [0, 0.05) is 18.4 Å². The molecule has 2 rings (SSSR count). The molecule has 0 unspecified atom stereocenters. The fourth-order valence-corrected chi connectivity index (χ4v) is 2.75. The summed E-state index contributed by atoms with van der Waals surface area (Å²) >= 11 is 0. The molecule has 1 N–H and O–H groups in total. The molecule has 1 fully saturated rings. The Morgan fingerprint density at radius 2 is 1.83 bits per heavy atom. The lowest BCUT2D eigenvalue weighted by atomic mass is 9.68. The molecule has 1 aliphatic rings. The van der Waals surface area contributed by atoms with Gasteiger partial charge in [-0.3, -0.25) is 4.79 Å². The first-order valence-corrected chi connectivity index (χ1v) is 5.96. The number of carboxylic acids is 1. The van der Waals surface area contributed by atoms with Crippen molar-refractivity contribution in [2.24, 2.45) is 0 Å². The SMILES string of the molecule is Cc1cc(C2(C(=O)O)CCC(F)(F)CC2)c(C)o1. The van der Waals surface area contributed by atoms with Crippen LogP contribution in [-0.2, 0) is 10.2 Å². The van der Waals surface area contributed by atoms with E-state index in [1.807, 2.05) is 0 Å². The third-order valence-corrected chi connectivity index (χ3v) is 3.80. The van der Waals surface area contributed by atoms with Gasteiger partial charge in [0.1, 0.15) is 11.5 Å². The summed E-state index contributed by atoms with van der Waals surface area (Å²) in [6, 6.07) is 1.66. The number of alkyl halides is 2. The van der Waals surface area contributed by atoms with Gasteiger partial charge in [0.2, 0.25) is 5.92 Å². The van der Waals surface area contributed by atoms with Crippen LogP contribution < -0.4 is 0 Å². The van der Waals surface area contributed by atoms with Crippen LogP contribution in [0.15, 0.2) is 10.5 Å². The van der Waals surface area contributed by atoms with E-state index >= 15 is 0 Å². The van der Waals surface area contributed by atoms with Gasteiger partial charge in [0.25, 0.3) is 0 Å². The average molecular weight is 258 g/mol. The summed E-state index contributed by atoms with van der Waals surface area (Å²) in [5, 5.41) is 9.46. The molecule has 0 aromatic carbocycles. The Bertz CT molecular complexity index is 467. The highest BCUT2D eigenvalue weighted by Gasteiger charge is 2.50. The summed E-state index contributed by atoms with van der Waals surface area (Å²) < 4.78 is 31.8. The molecular weight excluding hydrogens is 242 g/mol. The third-order valence-electron chi connectivity index (χ3n) is 3.80. The van der Waals surface area contributed by atoms with Crippen LogP contribution in [0.4, 0.5) is 8.78 Å². The van der Waals surface area contributed by atoms with Crippen molar-refractivity contribution >= 4 is 5.97 Å². The van der Waals surface area contributed by atoms with Crippen molar-refractivity contribution in [3.63, 3.8) is 0 Å². The van der Waals surface area contributed by atoms with E-state index < -0.39 is 17.3 Å². The smallest absolute Gasteiger partial charge is 0.314 e. The number of hydrogen-bond acceptors (Lipinski definition) is 2. The Balaban J connectivity index is 2.41. The maximum Gasteiger partial charge on any atom is 0.314 e. The van der Waals surface area contributed by atoms with Gasteiger partial charge in [-0.05, 0) is 32.8 Å². The highest BCUT2D eigenvalue weighted by Crippen LogP contribution is 2.47. The van der Waals surface area contributed by atoms with Crippen LogP contribution in [0.5, 0.6) is 0 Å². The molecule has 18 heavy (non-hydrogen) atoms. The zero-order chi connectivity index (χ0) is 13.6. The number of hydrogen-bond donors (Lipinski definition) is 1. The lowest BCUT2D eigenvalue weighted by Gasteiger charge is -2.36. The molecule has 0 radical (unpaired) electrons. The Kier molecular flexibility index (Phi) is 2.95. The fourth-order valence-electron chi connectivity index (χ4n) is 2.75. The molecule has 1 saturated carbocycles. The first-order valence-electron chi connectivity index (χ1n) is 5.96. The van der Waals surface area contributed by atoms with Crippen LogP contribution in [0.3, 0.4) is 0 Å². The summed E-state index contributed by atoms with van der Waals surface area (Å²) in [4.78, 5) is 11.6. The molecule has 0 atom stereocenters. The van der Waals surface area contributed by atoms with E-state index in [-0.39, 0.29) is 25.7 Å². The lowest BCUT2D eigenvalue weighted by Crippen LogP contribution is -2.42. The van der Waals surface area contributed by atoms with Gasteiger partial charge in [-0.1, -0.05) is 0 Å². The van der Waals surface area contributed by atoms with E-state index in [2.05, 4.69) is 0 Å². The average Bonchev–Trinajstić information content (AvgIpc) is 2.58. The molecule has 3 nitrogen and oxygen atoms in total. The van der Waals surface area contributed by atoms with Crippen molar-refractivity contribution in [1.82, 2.24) is 0 Å². The standard InChI is InChI=1S/C13H16F2O3/c1-8-7-10(9(2)18-8)12(11(16)17)3-5-13(14,15)6-4-12/h7H,3-6H2,1-2H3,(H,16,17). The summed E-state index contributed by atoms with van der Waals surface area (Å²) in [7, 11) is 0. The summed E-state index contributed by atoms with van der Waals surface area (Å²) in [5.74, 6) is -2.66. The second-order valence-corrected chi connectivity index (χ2v) is 5.07. The zero-order valence-electron chi connectivity index (χ0n) is 10.4. The van der Waals surface area contributed by atoms with Crippen LogP contribution >= 0.6 is 0 Å². The Labute approximate surface area is 104 Å². The first-order chi connectivity index (χ1) is 8.27. The van der Waals surface area contributed by atoms with E-state index in [1.54, 1.807) is 19.9 Å². The van der Waals surface area contributed by atoms with Crippen LogP contribution in [0.25, 0.3) is 0 Å². The molecule has 0 aliphatic heterocycles. The monoisotopic (exact) mass is 258 g/mol. The predicted octanol–water partition coefficient (Wildman–Crippen LogP) is 3.43. The molecule has 0 spiro atoms. The number of aliphatic carboxylic acids is 1. The topological polar surface area (TPSA) is 50.4 Å². The van der Waals surface area contributed by atoms with Crippen molar-refractivity contribution in [2.45, 2.75) is 50.9 Å². The number of halogens is 2. The number of carboxylic acid groups (broad SMARTS) is 1. The molecule has 100 valence electrons. The molecule has 1 heterocycles. The number of furan rings is 1. The molecule has 1 aromatic heterocycles. The highest BCUT2D eigenvalue weighted by molar-refractivity contribution is 5.82. The van der Waals surface area contributed by atoms with Crippen LogP contribution in [-0.4, -0.2) is 17.0 Å². The van der Waals surface area contributed by atoms with Crippen LogP contribution in [0.2, 0.25) is 0 Å². The van der Waals surface area contributed by atoms with Crippen molar-refractivity contribution in [3.8, 4) is 0 Å². The van der Waals surface area contributed by atoms with E-state index in [0.717, 1.165) is 0 Å². The van der Waals surface area contributed by atoms with Gasteiger partial charge < -0.3 is 9.52 Å². The predicted molar refractivity (Wildman–Crippen MR) is 60.9 cm³/mol. The van der Waals surface area contributed by atoms with Gasteiger partial charge in [-0.15, -0.1) is 0 Å². The maximum absolute atomic E-state index is 13.2. The van der Waals surface area contributed by atoms with Crippen molar-refractivity contribution in [2.75, 3.05) is 0 Å². The third kappa shape index (κ3) is 2.02. The van der Waals surface area contributed by atoms with E-state index in [4.69, 9.17) is 4.42 Å². The van der Waals surface area contributed by atoms with E-state index in [0.29, 0.717) is 17.1 Å². The Hall–Kier alpha value is -1.39. The minimum absolute atomic E-state index is 0.0465. The lowest BCUT2D eigenvalue weighted by molar-refractivity contribution is -0.149. The van der Waals surface area contributed by atoms with Gasteiger partial charge in [0.15, 0.2) is 0 Å². The van der Waals surface area contributed by atoms with E-state index in [1.165, 1.54) is 0 Å². The van der Waals surface area contributed by atoms with Gasteiger partial charge in [-0.25, -0.2) is 8.78 Å². The highest BCUT2D eigenvalue weighted by atomic mass is 19.3. The summed E-state index contributed by atoms with van der Waals surface area (Å²) in [6.07, 6.45) is -0.865. The van der Waals surface area contributed by atoms with Gasteiger partial charge in [0.05, 0.1) is 5.41 Å².